The third-order valence-electron chi connectivity index (χ3n) is 4.90. The van der Waals surface area contributed by atoms with Crippen molar-refractivity contribution in [1.29, 1.82) is 0 Å². The highest BCUT2D eigenvalue weighted by molar-refractivity contribution is 6.19. The Balaban J connectivity index is 2.14. The summed E-state index contributed by atoms with van der Waals surface area (Å²) in [6, 6.07) is 13.6. The quantitative estimate of drug-likeness (QED) is 0.539. The molecule has 0 saturated heterocycles. The minimum Gasteiger partial charge on any atom is -0.467 e. The van der Waals surface area contributed by atoms with Gasteiger partial charge in [-0.25, -0.2) is 0 Å². The zero-order valence-electron chi connectivity index (χ0n) is 17.7. The van der Waals surface area contributed by atoms with Crippen molar-refractivity contribution in [3.63, 3.8) is 0 Å². The van der Waals surface area contributed by atoms with Crippen LogP contribution in [-0.2, 0) is 22.6 Å². The Morgan fingerprint density at radius 3 is 2.34 bits per heavy atom. The van der Waals surface area contributed by atoms with E-state index in [9.17, 15) is 9.59 Å². The summed E-state index contributed by atoms with van der Waals surface area (Å²) in [5.74, 6) is 0.699. The van der Waals surface area contributed by atoms with E-state index >= 15 is 0 Å². The van der Waals surface area contributed by atoms with Gasteiger partial charge in [0.15, 0.2) is 0 Å². The number of carbonyl (C=O) groups is 2. The minimum absolute atomic E-state index is 0.0202. The van der Waals surface area contributed by atoms with Crippen molar-refractivity contribution in [2.75, 3.05) is 19.0 Å². The van der Waals surface area contributed by atoms with E-state index in [-0.39, 0.29) is 30.3 Å². The number of amides is 2. The standard InChI is InChI=1S/C23H31ClN2O3/c1-18(2)26(22(28)23(3,4)17-24)16-21(27)25(15-20-11-8-14-29-20)13-12-19-9-6-5-7-10-19/h5-11,14,18H,12-13,15-17H2,1-4H3. The molecule has 0 saturated carbocycles. The molecular formula is C23H31ClN2O3. The second-order valence-corrected chi connectivity index (χ2v) is 8.44. The molecule has 0 aliphatic rings. The number of furan rings is 1. The first-order chi connectivity index (χ1) is 13.7. The fraction of sp³-hybridized carbons (Fsp3) is 0.478. The Morgan fingerprint density at radius 1 is 1.10 bits per heavy atom. The Bertz CT molecular complexity index is 773. The van der Waals surface area contributed by atoms with E-state index in [1.807, 2.05) is 56.3 Å². The number of hydrogen-bond donors (Lipinski definition) is 0. The maximum absolute atomic E-state index is 13.2. The SMILES string of the molecule is CC(C)N(CC(=O)N(CCc1ccccc1)Cc1ccco1)C(=O)C(C)(C)CCl. The lowest BCUT2D eigenvalue weighted by molar-refractivity contribution is -0.147. The highest BCUT2D eigenvalue weighted by Gasteiger charge is 2.34. The maximum Gasteiger partial charge on any atom is 0.242 e. The number of halogens is 1. The smallest absolute Gasteiger partial charge is 0.242 e. The minimum atomic E-state index is -0.720. The molecule has 0 bridgehead atoms. The number of nitrogens with zero attached hydrogens (tertiary/aromatic N) is 2. The molecule has 0 aliphatic heterocycles. The summed E-state index contributed by atoms with van der Waals surface area (Å²) in [6.07, 6.45) is 2.33. The molecule has 1 aromatic carbocycles. The Labute approximate surface area is 178 Å². The largest absolute Gasteiger partial charge is 0.467 e. The molecule has 6 heteroatoms. The van der Waals surface area contributed by atoms with E-state index in [1.165, 1.54) is 0 Å². The van der Waals surface area contributed by atoms with Crippen LogP contribution in [0.5, 0.6) is 0 Å². The molecule has 2 aromatic rings. The number of carbonyl (C=O) groups excluding carboxylic acids is 2. The summed E-state index contributed by atoms with van der Waals surface area (Å²) in [5.41, 5.74) is 0.437. The molecule has 0 fully saturated rings. The molecule has 2 rings (SSSR count). The molecule has 0 radical (unpaired) electrons. The molecule has 0 unspecified atom stereocenters. The van der Waals surface area contributed by atoms with Crippen LogP contribution in [0.15, 0.2) is 53.1 Å². The van der Waals surface area contributed by atoms with Crippen molar-refractivity contribution < 1.29 is 14.0 Å². The third kappa shape index (κ3) is 6.64. The summed E-state index contributed by atoms with van der Waals surface area (Å²) in [5, 5.41) is 0. The van der Waals surface area contributed by atoms with Gasteiger partial charge < -0.3 is 14.2 Å². The predicted molar refractivity (Wildman–Crippen MR) is 116 cm³/mol. The van der Waals surface area contributed by atoms with Crippen LogP contribution in [0, 0.1) is 5.41 Å². The van der Waals surface area contributed by atoms with Crippen LogP contribution in [0.4, 0.5) is 0 Å². The number of hydrogen-bond acceptors (Lipinski definition) is 3. The monoisotopic (exact) mass is 418 g/mol. The Morgan fingerprint density at radius 2 is 1.79 bits per heavy atom. The first kappa shape index (κ1) is 23.0. The second-order valence-electron chi connectivity index (χ2n) is 8.17. The zero-order chi connectivity index (χ0) is 21.4. The summed E-state index contributed by atoms with van der Waals surface area (Å²) >= 11 is 5.99. The van der Waals surface area contributed by atoms with Gasteiger partial charge in [0.1, 0.15) is 12.3 Å². The lowest BCUT2D eigenvalue weighted by Crippen LogP contribution is -2.50. The predicted octanol–water partition coefficient (Wildman–Crippen LogP) is 4.35. The Hall–Kier alpha value is -2.27. The topological polar surface area (TPSA) is 53.8 Å². The maximum atomic E-state index is 13.2. The van der Waals surface area contributed by atoms with Gasteiger partial charge >= 0.3 is 0 Å². The lowest BCUT2D eigenvalue weighted by Gasteiger charge is -2.34. The van der Waals surface area contributed by atoms with Crippen LogP contribution in [0.1, 0.15) is 39.0 Å². The average molecular weight is 419 g/mol. The van der Waals surface area contributed by atoms with E-state index < -0.39 is 5.41 Å². The van der Waals surface area contributed by atoms with Gasteiger partial charge in [0.05, 0.1) is 18.2 Å². The highest BCUT2D eigenvalue weighted by Crippen LogP contribution is 2.22. The van der Waals surface area contributed by atoms with Gasteiger partial charge in [0.2, 0.25) is 11.8 Å². The summed E-state index contributed by atoms with van der Waals surface area (Å²) < 4.78 is 5.45. The van der Waals surface area contributed by atoms with Crippen molar-refractivity contribution in [3.8, 4) is 0 Å². The molecule has 5 nitrogen and oxygen atoms in total. The van der Waals surface area contributed by atoms with E-state index in [1.54, 1.807) is 29.9 Å². The normalized spacial score (nSPS) is 11.5. The van der Waals surface area contributed by atoms with Crippen LogP contribution in [0.3, 0.4) is 0 Å². The van der Waals surface area contributed by atoms with E-state index in [0.717, 1.165) is 17.7 Å². The van der Waals surface area contributed by atoms with Crippen LogP contribution in [-0.4, -0.2) is 46.6 Å². The number of benzene rings is 1. The molecule has 0 spiro atoms. The van der Waals surface area contributed by atoms with Crippen LogP contribution < -0.4 is 0 Å². The third-order valence-corrected chi connectivity index (χ3v) is 5.56. The summed E-state index contributed by atoms with van der Waals surface area (Å²) in [4.78, 5) is 29.5. The lowest BCUT2D eigenvalue weighted by atomic mass is 9.93. The van der Waals surface area contributed by atoms with Crippen molar-refractivity contribution in [3.05, 3.63) is 60.1 Å². The van der Waals surface area contributed by atoms with Crippen molar-refractivity contribution in [1.82, 2.24) is 9.80 Å². The molecule has 0 aliphatic carbocycles. The van der Waals surface area contributed by atoms with E-state index in [4.69, 9.17) is 16.0 Å². The first-order valence-electron chi connectivity index (χ1n) is 9.95. The first-order valence-corrected chi connectivity index (χ1v) is 10.5. The van der Waals surface area contributed by atoms with Gasteiger partial charge in [0.25, 0.3) is 0 Å². The number of alkyl halides is 1. The van der Waals surface area contributed by atoms with Crippen LogP contribution in [0.25, 0.3) is 0 Å². The van der Waals surface area contributed by atoms with Gasteiger partial charge in [-0.15, -0.1) is 11.6 Å². The fourth-order valence-corrected chi connectivity index (χ4v) is 3.09. The highest BCUT2D eigenvalue weighted by atomic mass is 35.5. The molecular weight excluding hydrogens is 388 g/mol. The second kappa shape index (κ2) is 10.5. The van der Waals surface area contributed by atoms with Gasteiger partial charge in [0, 0.05) is 18.5 Å². The van der Waals surface area contributed by atoms with Gasteiger partial charge in [-0.3, -0.25) is 9.59 Å². The van der Waals surface area contributed by atoms with Crippen LogP contribution >= 0.6 is 11.6 Å². The average Bonchev–Trinajstić information content (AvgIpc) is 3.22. The molecule has 2 amide bonds. The summed E-state index contributed by atoms with van der Waals surface area (Å²) in [6.45, 7) is 8.37. The molecule has 0 atom stereocenters. The van der Waals surface area contributed by atoms with Gasteiger partial charge in [-0.2, -0.15) is 0 Å². The van der Waals surface area contributed by atoms with E-state index in [0.29, 0.717) is 13.1 Å². The van der Waals surface area contributed by atoms with Crippen molar-refractivity contribution >= 4 is 23.4 Å². The molecule has 0 N–H and O–H groups in total. The molecule has 158 valence electrons. The molecule has 29 heavy (non-hydrogen) atoms. The van der Waals surface area contributed by atoms with Gasteiger partial charge in [-0.05, 0) is 51.8 Å². The van der Waals surface area contributed by atoms with Crippen molar-refractivity contribution in [2.45, 2.75) is 46.7 Å². The summed E-state index contributed by atoms with van der Waals surface area (Å²) in [7, 11) is 0. The van der Waals surface area contributed by atoms with Crippen LogP contribution in [0.2, 0.25) is 0 Å². The zero-order valence-corrected chi connectivity index (χ0v) is 18.5. The van der Waals surface area contributed by atoms with E-state index in [2.05, 4.69) is 0 Å². The fourth-order valence-electron chi connectivity index (χ4n) is 2.97. The molecule has 1 aromatic heterocycles. The Kier molecular flexibility index (Phi) is 8.32. The molecule has 1 heterocycles. The van der Waals surface area contributed by atoms with Crippen molar-refractivity contribution in [2.24, 2.45) is 5.41 Å². The van der Waals surface area contributed by atoms with Gasteiger partial charge in [-0.1, -0.05) is 30.3 Å². The number of rotatable bonds is 10.